The van der Waals surface area contributed by atoms with Gasteiger partial charge in [0, 0.05) is 6.04 Å². The van der Waals surface area contributed by atoms with E-state index < -0.39 is 0 Å². The van der Waals surface area contributed by atoms with E-state index in [-0.39, 0.29) is 11.2 Å². The first-order chi connectivity index (χ1) is 10.1. The van der Waals surface area contributed by atoms with Gasteiger partial charge in [0.15, 0.2) is 5.82 Å². The van der Waals surface area contributed by atoms with Gasteiger partial charge in [-0.2, -0.15) is 0 Å². The van der Waals surface area contributed by atoms with Crippen molar-refractivity contribution in [3.63, 3.8) is 0 Å². The average Bonchev–Trinajstić information content (AvgIpc) is 2.71. The smallest absolute Gasteiger partial charge is 0.151 e. The van der Waals surface area contributed by atoms with Crippen LogP contribution < -0.4 is 0 Å². The van der Waals surface area contributed by atoms with E-state index in [1.54, 1.807) is 6.07 Å². The molecule has 4 heteroatoms. The highest BCUT2D eigenvalue weighted by molar-refractivity contribution is 6.20. The maximum Gasteiger partial charge on any atom is 0.151 e. The Morgan fingerprint density at radius 2 is 2.10 bits per heavy atom. The van der Waals surface area contributed by atoms with Crippen LogP contribution >= 0.6 is 11.6 Å². The fraction of sp³-hybridized carbons (Fsp3) is 0.588. The van der Waals surface area contributed by atoms with Crippen LogP contribution in [-0.4, -0.2) is 9.55 Å². The molecule has 0 bridgehead atoms. The number of imidazole rings is 1. The molecule has 3 unspecified atom stereocenters. The lowest BCUT2D eigenvalue weighted by Crippen LogP contribution is -2.12. The number of fused-ring (bicyclic) bond motifs is 1. The quantitative estimate of drug-likeness (QED) is 0.520. The molecule has 0 saturated heterocycles. The number of hydrogen-bond acceptors (Lipinski definition) is 1. The van der Waals surface area contributed by atoms with Gasteiger partial charge in [-0.05, 0) is 44.2 Å². The molecule has 1 aromatic carbocycles. The first-order valence-corrected chi connectivity index (χ1v) is 8.32. The van der Waals surface area contributed by atoms with Gasteiger partial charge in [0.25, 0.3) is 0 Å². The van der Waals surface area contributed by atoms with Crippen molar-refractivity contribution in [2.24, 2.45) is 5.92 Å². The van der Waals surface area contributed by atoms with Gasteiger partial charge in [0.2, 0.25) is 0 Å². The minimum atomic E-state index is -0.258. The molecular formula is C17H22ClFN2. The molecule has 2 aromatic rings. The maximum atomic E-state index is 14.0. The summed E-state index contributed by atoms with van der Waals surface area (Å²) in [6, 6.07) is 5.58. The van der Waals surface area contributed by atoms with Gasteiger partial charge < -0.3 is 4.57 Å². The topological polar surface area (TPSA) is 17.8 Å². The van der Waals surface area contributed by atoms with Crippen LogP contribution in [0.5, 0.6) is 0 Å². The lowest BCUT2D eigenvalue weighted by molar-refractivity contribution is 0.430. The number of rotatable bonds is 2. The van der Waals surface area contributed by atoms with Crippen LogP contribution in [0.25, 0.3) is 11.0 Å². The molecule has 1 aromatic heterocycles. The highest BCUT2D eigenvalue weighted by Crippen LogP contribution is 2.36. The molecule has 2 nitrogen and oxygen atoms in total. The van der Waals surface area contributed by atoms with Gasteiger partial charge in [0.05, 0.1) is 10.9 Å². The number of aromatic nitrogens is 2. The van der Waals surface area contributed by atoms with Gasteiger partial charge >= 0.3 is 0 Å². The third-order valence-electron chi connectivity index (χ3n) is 4.65. The normalized spacial score (nSPS) is 25.0. The summed E-state index contributed by atoms with van der Waals surface area (Å²) >= 11 is 6.32. The van der Waals surface area contributed by atoms with Crippen LogP contribution in [0.4, 0.5) is 4.39 Å². The summed E-state index contributed by atoms with van der Waals surface area (Å²) < 4.78 is 16.2. The number of hydrogen-bond donors (Lipinski definition) is 0. The molecule has 3 atom stereocenters. The van der Waals surface area contributed by atoms with E-state index in [2.05, 4.69) is 16.5 Å². The van der Waals surface area contributed by atoms with Crippen LogP contribution in [0.1, 0.15) is 63.2 Å². The number of benzene rings is 1. The summed E-state index contributed by atoms with van der Waals surface area (Å²) in [6.45, 7) is 4.23. The Morgan fingerprint density at radius 3 is 2.86 bits per heavy atom. The minimum Gasteiger partial charge on any atom is -0.324 e. The van der Waals surface area contributed by atoms with Crippen LogP contribution in [-0.2, 0) is 0 Å². The van der Waals surface area contributed by atoms with Crippen molar-refractivity contribution in [1.29, 1.82) is 0 Å². The number of nitrogens with zero attached hydrogens (tertiary/aromatic N) is 2. The number of alkyl halides is 1. The summed E-state index contributed by atoms with van der Waals surface area (Å²) in [5, 5.41) is -0.211. The zero-order chi connectivity index (χ0) is 15.0. The molecule has 1 fully saturated rings. The molecule has 0 N–H and O–H groups in total. The molecule has 0 radical (unpaired) electrons. The fourth-order valence-corrected chi connectivity index (χ4v) is 3.64. The van der Waals surface area contributed by atoms with E-state index in [1.807, 2.05) is 13.0 Å². The highest BCUT2D eigenvalue weighted by Gasteiger charge is 2.25. The van der Waals surface area contributed by atoms with E-state index in [1.165, 1.54) is 25.3 Å². The largest absolute Gasteiger partial charge is 0.324 e. The summed E-state index contributed by atoms with van der Waals surface area (Å²) in [5.41, 5.74) is 1.34. The van der Waals surface area contributed by atoms with Crippen molar-refractivity contribution >= 4 is 22.6 Å². The lowest BCUT2D eigenvalue weighted by atomic mass is 10.0. The van der Waals surface area contributed by atoms with E-state index in [0.29, 0.717) is 11.6 Å². The lowest BCUT2D eigenvalue weighted by Gasteiger charge is -2.21. The third-order valence-corrected chi connectivity index (χ3v) is 4.84. The van der Waals surface area contributed by atoms with Crippen LogP contribution in [0, 0.1) is 11.7 Å². The van der Waals surface area contributed by atoms with Crippen LogP contribution in [0.15, 0.2) is 18.2 Å². The zero-order valence-corrected chi connectivity index (χ0v) is 13.4. The molecule has 1 saturated carbocycles. The second-order valence-corrected chi connectivity index (χ2v) is 6.99. The van der Waals surface area contributed by atoms with Gasteiger partial charge in [-0.3, -0.25) is 0 Å². The van der Waals surface area contributed by atoms with Crippen molar-refractivity contribution in [3.05, 3.63) is 29.8 Å². The molecule has 3 rings (SSSR count). The SMILES string of the molecule is CC1CCCC(n2c(C(C)Cl)nc3c(F)cccc32)CC1. The predicted molar refractivity (Wildman–Crippen MR) is 85.2 cm³/mol. The fourth-order valence-electron chi connectivity index (χ4n) is 3.49. The van der Waals surface area contributed by atoms with Crippen molar-refractivity contribution in [2.45, 2.75) is 57.4 Å². The highest BCUT2D eigenvalue weighted by atomic mass is 35.5. The molecule has 0 amide bonds. The molecule has 0 spiro atoms. The van der Waals surface area contributed by atoms with Gasteiger partial charge in [-0.15, -0.1) is 11.6 Å². The van der Waals surface area contributed by atoms with E-state index in [9.17, 15) is 4.39 Å². The Kier molecular flexibility index (Phi) is 4.21. The second kappa shape index (κ2) is 5.96. The van der Waals surface area contributed by atoms with Crippen molar-refractivity contribution in [1.82, 2.24) is 9.55 Å². The van der Waals surface area contributed by atoms with Gasteiger partial charge in [-0.1, -0.05) is 25.8 Å². The van der Waals surface area contributed by atoms with Gasteiger partial charge in [-0.25, -0.2) is 9.37 Å². The predicted octanol–water partition coefficient (Wildman–Crippen LogP) is 5.62. The van der Waals surface area contributed by atoms with Crippen molar-refractivity contribution < 1.29 is 4.39 Å². The first-order valence-electron chi connectivity index (χ1n) is 7.88. The Morgan fingerprint density at radius 1 is 1.29 bits per heavy atom. The van der Waals surface area contributed by atoms with Gasteiger partial charge in [0.1, 0.15) is 11.3 Å². The van der Waals surface area contributed by atoms with Crippen molar-refractivity contribution in [2.75, 3.05) is 0 Å². The Balaban J connectivity index is 2.11. The monoisotopic (exact) mass is 308 g/mol. The molecule has 114 valence electrons. The van der Waals surface area contributed by atoms with E-state index in [4.69, 9.17) is 11.6 Å². The molecule has 21 heavy (non-hydrogen) atoms. The molecule has 0 aliphatic heterocycles. The summed E-state index contributed by atoms with van der Waals surface area (Å²) in [6.07, 6.45) is 5.97. The second-order valence-electron chi connectivity index (χ2n) is 6.33. The Hall–Kier alpha value is -1.09. The average molecular weight is 309 g/mol. The summed E-state index contributed by atoms with van der Waals surface area (Å²) in [7, 11) is 0. The summed E-state index contributed by atoms with van der Waals surface area (Å²) in [5.74, 6) is 1.32. The Labute approximate surface area is 130 Å². The molecule has 1 aliphatic carbocycles. The number of halogens is 2. The molecule has 1 aliphatic rings. The maximum absolute atomic E-state index is 14.0. The summed E-state index contributed by atoms with van der Waals surface area (Å²) in [4.78, 5) is 4.49. The zero-order valence-electron chi connectivity index (χ0n) is 12.6. The van der Waals surface area contributed by atoms with Crippen molar-refractivity contribution in [3.8, 4) is 0 Å². The van der Waals surface area contributed by atoms with Crippen LogP contribution in [0.3, 0.4) is 0 Å². The number of para-hydroxylation sites is 1. The van der Waals surface area contributed by atoms with Crippen LogP contribution in [0.2, 0.25) is 0 Å². The minimum absolute atomic E-state index is 0.211. The van der Waals surface area contributed by atoms with E-state index >= 15 is 0 Å². The first kappa shape index (κ1) is 14.8. The Bertz CT molecular complexity index is 635. The molecular weight excluding hydrogens is 287 g/mol. The third kappa shape index (κ3) is 2.80. The van der Waals surface area contributed by atoms with E-state index in [0.717, 1.165) is 30.1 Å². The standard InChI is InChI=1S/C17H22ClFN2/c1-11-5-3-6-13(10-9-11)21-15-8-4-7-14(19)16(15)20-17(21)12(2)18/h4,7-8,11-13H,3,5-6,9-10H2,1-2H3. The molecule has 1 heterocycles.